The van der Waals surface area contributed by atoms with Crippen LogP contribution < -0.4 is 4.74 Å². The number of hydrogen-bond donors (Lipinski definition) is 2. The number of benzene rings is 1. The SMILES string of the molecule is CC.O=COc1ccc(C(=O)OCC(O)CO)cc1. The van der Waals surface area contributed by atoms with E-state index in [-0.39, 0.29) is 18.6 Å². The number of aliphatic hydroxyl groups excluding tert-OH is 2. The fourth-order valence-electron chi connectivity index (χ4n) is 1.03. The van der Waals surface area contributed by atoms with Gasteiger partial charge in [0.1, 0.15) is 18.5 Å². The monoisotopic (exact) mass is 270 g/mol. The lowest BCUT2D eigenvalue weighted by atomic mass is 10.2. The summed E-state index contributed by atoms with van der Waals surface area (Å²) in [4.78, 5) is 21.4. The Morgan fingerprint density at radius 1 is 1.32 bits per heavy atom. The van der Waals surface area contributed by atoms with Crippen molar-refractivity contribution in [2.24, 2.45) is 0 Å². The smallest absolute Gasteiger partial charge is 0.338 e. The van der Waals surface area contributed by atoms with Crippen LogP contribution in [0.2, 0.25) is 0 Å². The summed E-state index contributed by atoms with van der Waals surface area (Å²) in [5.41, 5.74) is 0.258. The summed E-state index contributed by atoms with van der Waals surface area (Å²) in [5, 5.41) is 17.5. The second-order valence-electron chi connectivity index (χ2n) is 3.17. The van der Waals surface area contributed by atoms with Crippen LogP contribution in [0.5, 0.6) is 5.75 Å². The van der Waals surface area contributed by atoms with Crippen molar-refractivity contribution in [2.75, 3.05) is 13.2 Å². The molecule has 106 valence electrons. The molecular weight excluding hydrogens is 252 g/mol. The highest BCUT2D eigenvalue weighted by molar-refractivity contribution is 5.89. The summed E-state index contributed by atoms with van der Waals surface area (Å²) in [7, 11) is 0. The predicted octanol–water partition coefficient (Wildman–Crippen LogP) is 0.758. The zero-order valence-electron chi connectivity index (χ0n) is 10.9. The van der Waals surface area contributed by atoms with Crippen molar-refractivity contribution in [3.63, 3.8) is 0 Å². The molecule has 1 aromatic rings. The summed E-state index contributed by atoms with van der Waals surface area (Å²) in [6, 6.07) is 5.72. The van der Waals surface area contributed by atoms with Crippen LogP contribution in [-0.2, 0) is 9.53 Å². The van der Waals surface area contributed by atoms with Gasteiger partial charge in [-0.15, -0.1) is 0 Å². The van der Waals surface area contributed by atoms with E-state index in [0.29, 0.717) is 5.75 Å². The molecule has 1 aromatic carbocycles. The number of rotatable bonds is 6. The first-order valence-corrected chi connectivity index (χ1v) is 5.83. The van der Waals surface area contributed by atoms with Crippen molar-refractivity contribution in [1.82, 2.24) is 0 Å². The fourth-order valence-corrected chi connectivity index (χ4v) is 1.03. The van der Waals surface area contributed by atoms with Crippen LogP contribution in [0.1, 0.15) is 24.2 Å². The third kappa shape index (κ3) is 6.54. The molecule has 6 nitrogen and oxygen atoms in total. The normalized spacial score (nSPS) is 10.7. The molecule has 0 aromatic heterocycles. The average Bonchev–Trinajstić information content (AvgIpc) is 2.47. The van der Waals surface area contributed by atoms with Gasteiger partial charge in [0.2, 0.25) is 0 Å². The molecule has 1 unspecified atom stereocenters. The van der Waals surface area contributed by atoms with Gasteiger partial charge in [-0.1, -0.05) is 13.8 Å². The van der Waals surface area contributed by atoms with Gasteiger partial charge in [-0.2, -0.15) is 0 Å². The van der Waals surface area contributed by atoms with Gasteiger partial charge in [-0.3, -0.25) is 4.79 Å². The fraction of sp³-hybridized carbons (Fsp3) is 0.385. The second kappa shape index (κ2) is 10.0. The lowest BCUT2D eigenvalue weighted by Gasteiger charge is -2.08. The Morgan fingerprint density at radius 3 is 2.37 bits per heavy atom. The highest BCUT2D eigenvalue weighted by atomic mass is 16.5. The molecule has 0 aliphatic heterocycles. The largest absolute Gasteiger partial charge is 0.459 e. The number of esters is 1. The van der Waals surface area contributed by atoms with Crippen LogP contribution in [0.3, 0.4) is 0 Å². The van der Waals surface area contributed by atoms with Gasteiger partial charge < -0.3 is 19.7 Å². The molecule has 1 atom stereocenters. The van der Waals surface area contributed by atoms with Crippen molar-refractivity contribution in [3.8, 4) is 5.75 Å². The van der Waals surface area contributed by atoms with Crippen molar-refractivity contribution < 1.29 is 29.3 Å². The Kier molecular flexibility index (Phi) is 9.03. The summed E-state index contributed by atoms with van der Waals surface area (Å²) >= 11 is 0. The molecule has 0 spiro atoms. The van der Waals surface area contributed by atoms with E-state index in [4.69, 9.17) is 14.9 Å². The first kappa shape index (κ1) is 17.1. The highest BCUT2D eigenvalue weighted by Crippen LogP contribution is 2.12. The molecule has 0 aliphatic carbocycles. The predicted molar refractivity (Wildman–Crippen MR) is 67.9 cm³/mol. The lowest BCUT2D eigenvalue weighted by Crippen LogP contribution is -2.21. The molecule has 1 rings (SSSR count). The molecular formula is C13H18O6. The minimum atomic E-state index is -1.09. The molecule has 0 radical (unpaired) electrons. The van der Waals surface area contributed by atoms with Crippen LogP contribution in [0, 0.1) is 0 Å². The van der Waals surface area contributed by atoms with Crippen molar-refractivity contribution in [3.05, 3.63) is 29.8 Å². The van der Waals surface area contributed by atoms with E-state index in [0.717, 1.165) is 0 Å². The van der Waals surface area contributed by atoms with Gasteiger partial charge in [0, 0.05) is 0 Å². The third-order valence-corrected chi connectivity index (χ3v) is 1.89. The number of aliphatic hydroxyl groups is 2. The van der Waals surface area contributed by atoms with E-state index >= 15 is 0 Å². The van der Waals surface area contributed by atoms with Gasteiger partial charge in [0.15, 0.2) is 0 Å². The summed E-state index contributed by atoms with van der Waals surface area (Å²) < 4.78 is 9.27. The molecule has 19 heavy (non-hydrogen) atoms. The zero-order chi connectivity index (χ0) is 14.7. The van der Waals surface area contributed by atoms with E-state index in [1.165, 1.54) is 24.3 Å². The summed E-state index contributed by atoms with van der Waals surface area (Å²) in [6.07, 6.45) is -1.09. The molecule has 0 saturated heterocycles. The van der Waals surface area contributed by atoms with Gasteiger partial charge >= 0.3 is 5.97 Å². The molecule has 0 bridgehead atoms. The van der Waals surface area contributed by atoms with Gasteiger partial charge in [-0.05, 0) is 24.3 Å². The van der Waals surface area contributed by atoms with E-state index in [1.807, 2.05) is 13.8 Å². The number of carbonyl (C=O) groups is 2. The van der Waals surface area contributed by atoms with Crippen LogP contribution in [0.4, 0.5) is 0 Å². The number of hydrogen-bond acceptors (Lipinski definition) is 6. The minimum absolute atomic E-state index is 0.258. The Balaban J connectivity index is 0.00000154. The third-order valence-electron chi connectivity index (χ3n) is 1.89. The topological polar surface area (TPSA) is 93.1 Å². The Morgan fingerprint density at radius 2 is 1.89 bits per heavy atom. The van der Waals surface area contributed by atoms with Crippen molar-refractivity contribution in [1.29, 1.82) is 0 Å². The van der Waals surface area contributed by atoms with Gasteiger partial charge in [-0.25, -0.2) is 4.79 Å². The summed E-state index contributed by atoms with van der Waals surface area (Å²) in [5.74, 6) is -0.318. The van der Waals surface area contributed by atoms with E-state index < -0.39 is 18.7 Å². The lowest BCUT2D eigenvalue weighted by molar-refractivity contribution is -0.120. The van der Waals surface area contributed by atoms with Crippen LogP contribution in [0.15, 0.2) is 24.3 Å². The number of carbonyl (C=O) groups excluding carboxylic acids is 2. The molecule has 6 heteroatoms. The summed E-state index contributed by atoms with van der Waals surface area (Å²) in [6.45, 7) is 3.53. The standard InChI is InChI=1S/C11H12O6.C2H6/c12-5-9(14)6-16-11(15)8-1-3-10(4-2-8)17-7-13;1-2/h1-4,7,9,12,14H,5-6H2;1-2H3. The second-order valence-corrected chi connectivity index (χ2v) is 3.17. The Hall–Kier alpha value is -1.92. The van der Waals surface area contributed by atoms with Crippen molar-refractivity contribution in [2.45, 2.75) is 20.0 Å². The molecule has 0 heterocycles. The van der Waals surface area contributed by atoms with E-state index in [2.05, 4.69) is 4.74 Å². The first-order valence-electron chi connectivity index (χ1n) is 5.83. The maximum absolute atomic E-state index is 11.4. The average molecular weight is 270 g/mol. The van der Waals surface area contributed by atoms with Crippen LogP contribution in [-0.4, -0.2) is 42.0 Å². The quantitative estimate of drug-likeness (QED) is 0.585. The van der Waals surface area contributed by atoms with Gasteiger partial charge in [0.25, 0.3) is 6.47 Å². The number of ether oxygens (including phenoxy) is 2. The van der Waals surface area contributed by atoms with Gasteiger partial charge in [0.05, 0.1) is 12.2 Å². The zero-order valence-corrected chi connectivity index (χ0v) is 10.9. The minimum Gasteiger partial charge on any atom is -0.459 e. The maximum atomic E-state index is 11.4. The maximum Gasteiger partial charge on any atom is 0.338 e. The molecule has 0 aliphatic rings. The Bertz CT molecular complexity index is 373. The van der Waals surface area contributed by atoms with Crippen LogP contribution in [0.25, 0.3) is 0 Å². The highest BCUT2D eigenvalue weighted by Gasteiger charge is 2.10. The van der Waals surface area contributed by atoms with E-state index in [9.17, 15) is 9.59 Å². The molecule has 0 saturated carbocycles. The van der Waals surface area contributed by atoms with E-state index in [1.54, 1.807) is 0 Å². The van der Waals surface area contributed by atoms with Crippen LogP contribution >= 0.6 is 0 Å². The molecule has 0 amide bonds. The molecule has 0 fully saturated rings. The van der Waals surface area contributed by atoms with Crippen molar-refractivity contribution >= 4 is 12.4 Å². The first-order chi connectivity index (χ1) is 9.17. The molecule has 2 N–H and O–H groups in total. The Labute approximate surface area is 111 Å².